The predicted molar refractivity (Wildman–Crippen MR) is 55.9 cm³/mol. The molecule has 0 aromatic carbocycles. The van der Waals surface area contributed by atoms with Crippen LogP contribution in [-0.4, -0.2) is 25.7 Å². The topological polar surface area (TPSA) is 51.2 Å². The highest BCUT2D eigenvalue weighted by molar-refractivity contribution is 7.91. The van der Waals surface area contributed by atoms with Crippen LogP contribution in [-0.2, 0) is 14.6 Å². The maximum atomic E-state index is 11.2. The Bertz CT molecular complexity index is 292. The van der Waals surface area contributed by atoms with Gasteiger partial charge in [-0.2, -0.15) is 0 Å². The lowest BCUT2D eigenvalue weighted by atomic mass is 9.87. The molecule has 0 heterocycles. The van der Waals surface area contributed by atoms with Gasteiger partial charge in [0.25, 0.3) is 0 Å². The van der Waals surface area contributed by atoms with E-state index in [0.29, 0.717) is 31.0 Å². The Morgan fingerprint density at radius 3 is 2.71 bits per heavy atom. The summed E-state index contributed by atoms with van der Waals surface area (Å²) in [6.07, 6.45) is 3.92. The van der Waals surface area contributed by atoms with Gasteiger partial charge in [-0.3, -0.25) is 4.79 Å². The molecule has 0 bridgehead atoms. The molecule has 0 spiro atoms. The molecule has 1 unspecified atom stereocenters. The number of hydrogen-bond donors (Lipinski definition) is 0. The number of carbonyl (C=O) groups is 1. The molecule has 0 aromatic rings. The Kier molecular flexibility index (Phi) is 4.11. The molecule has 14 heavy (non-hydrogen) atoms. The first kappa shape index (κ1) is 11.7. The van der Waals surface area contributed by atoms with E-state index in [9.17, 15) is 13.2 Å². The molecule has 1 atom stereocenters. The molecule has 0 aliphatic heterocycles. The summed E-state index contributed by atoms with van der Waals surface area (Å²) < 4.78 is 22.5. The van der Waals surface area contributed by atoms with E-state index < -0.39 is 9.84 Å². The zero-order chi connectivity index (χ0) is 10.6. The zero-order valence-electron chi connectivity index (χ0n) is 8.66. The maximum absolute atomic E-state index is 11.2. The summed E-state index contributed by atoms with van der Waals surface area (Å²) in [5.74, 6) is 1.09. The van der Waals surface area contributed by atoms with Gasteiger partial charge in [0.05, 0.1) is 5.75 Å². The Morgan fingerprint density at radius 2 is 2.14 bits per heavy atom. The molecule has 4 heteroatoms. The third kappa shape index (κ3) is 3.78. The minimum Gasteiger partial charge on any atom is -0.300 e. The first-order chi connectivity index (χ1) is 6.53. The van der Waals surface area contributed by atoms with Gasteiger partial charge >= 0.3 is 0 Å². The van der Waals surface area contributed by atoms with Gasteiger partial charge in [0.1, 0.15) is 15.6 Å². The molecule has 1 saturated carbocycles. The van der Waals surface area contributed by atoms with Crippen LogP contribution >= 0.6 is 0 Å². The molecule has 0 amide bonds. The summed E-state index contributed by atoms with van der Waals surface area (Å²) in [6, 6.07) is 0. The standard InChI is InChI=1S/C10H18O3S/c1-2-14(12,13)7-6-9-4-3-5-10(11)8-9/h9H,2-8H2,1H3. The molecular formula is C10H18O3S. The number of carbonyl (C=O) groups excluding carboxylic acids is 1. The second kappa shape index (κ2) is 4.91. The van der Waals surface area contributed by atoms with Gasteiger partial charge in [-0.25, -0.2) is 8.42 Å². The van der Waals surface area contributed by atoms with E-state index in [1.165, 1.54) is 0 Å². The highest BCUT2D eigenvalue weighted by Gasteiger charge is 2.21. The quantitative estimate of drug-likeness (QED) is 0.719. The van der Waals surface area contributed by atoms with Crippen molar-refractivity contribution in [3.05, 3.63) is 0 Å². The molecule has 0 radical (unpaired) electrons. The molecular weight excluding hydrogens is 200 g/mol. The first-order valence-electron chi connectivity index (χ1n) is 5.25. The van der Waals surface area contributed by atoms with E-state index in [0.717, 1.165) is 12.8 Å². The first-order valence-corrected chi connectivity index (χ1v) is 7.08. The van der Waals surface area contributed by atoms with Gasteiger partial charge in [-0.05, 0) is 25.2 Å². The molecule has 1 fully saturated rings. The second-order valence-corrected chi connectivity index (χ2v) is 6.50. The molecule has 0 N–H and O–H groups in total. The molecule has 1 aliphatic rings. The van der Waals surface area contributed by atoms with Crippen molar-refractivity contribution in [1.82, 2.24) is 0 Å². The summed E-state index contributed by atoms with van der Waals surface area (Å²) in [7, 11) is -2.85. The van der Waals surface area contributed by atoms with Crippen molar-refractivity contribution in [2.24, 2.45) is 5.92 Å². The fourth-order valence-corrected chi connectivity index (χ4v) is 2.83. The van der Waals surface area contributed by atoms with E-state index in [1.807, 2.05) is 0 Å². The minimum atomic E-state index is -2.85. The average molecular weight is 218 g/mol. The summed E-state index contributed by atoms with van der Waals surface area (Å²) in [5.41, 5.74) is 0. The number of rotatable bonds is 4. The maximum Gasteiger partial charge on any atom is 0.150 e. The number of sulfone groups is 1. The van der Waals surface area contributed by atoms with E-state index >= 15 is 0 Å². The van der Waals surface area contributed by atoms with Crippen molar-refractivity contribution in [1.29, 1.82) is 0 Å². The molecule has 0 saturated heterocycles. The second-order valence-electron chi connectivity index (χ2n) is 4.03. The van der Waals surface area contributed by atoms with Gasteiger partial charge in [0, 0.05) is 18.6 Å². The monoisotopic (exact) mass is 218 g/mol. The lowest BCUT2D eigenvalue weighted by molar-refractivity contribution is -0.121. The zero-order valence-corrected chi connectivity index (χ0v) is 9.48. The Labute approximate surface area is 85.8 Å². The average Bonchev–Trinajstić information content (AvgIpc) is 2.15. The van der Waals surface area contributed by atoms with E-state index in [-0.39, 0.29) is 11.5 Å². The smallest absolute Gasteiger partial charge is 0.150 e. The Morgan fingerprint density at radius 1 is 1.43 bits per heavy atom. The third-order valence-corrected chi connectivity index (χ3v) is 4.60. The summed E-state index contributed by atoms with van der Waals surface area (Å²) in [4.78, 5) is 11.1. The van der Waals surface area contributed by atoms with E-state index in [1.54, 1.807) is 6.92 Å². The lowest BCUT2D eigenvalue weighted by Gasteiger charge is -2.20. The summed E-state index contributed by atoms with van der Waals surface area (Å²) in [6.45, 7) is 1.67. The van der Waals surface area contributed by atoms with Crippen molar-refractivity contribution in [2.75, 3.05) is 11.5 Å². The Balaban J connectivity index is 2.34. The van der Waals surface area contributed by atoms with Gasteiger partial charge < -0.3 is 0 Å². The molecule has 82 valence electrons. The van der Waals surface area contributed by atoms with Crippen LogP contribution in [0.3, 0.4) is 0 Å². The summed E-state index contributed by atoms with van der Waals surface area (Å²) >= 11 is 0. The Hall–Kier alpha value is -0.380. The van der Waals surface area contributed by atoms with Gasteiger partial charge in [-0.15, -0.1) is 0 Å². The van der Waals surface area contributed by atoms with Crippen LogP contribution in [0.4, 0.5) is 0 Å². The molecule has 0 aromatic heterocycles. The summed E-state index contributed by atoms with van der Waals surface area (Å²) in [5, 5.41) is 0. The van der Waals surface area contributed by atoms with Crippen molar-refractivity contribution < 1.29 is 13.2 Å². The number of Topliss-reactive ketones (excluding diaryl/α,β-unsaturated/α-hetero) is 1. The van der Waals surface area contributed by atoms with Crippen molar-refractivity contribution in [2.45, 2.75) is 39.0 Å². The van der Waals surface area contributed by atoms with Gasteiger partial charge in [0.15, 0.2) is 0 Å². The highest BCUT2D eigenvalue weighted by atomic mass is 32.2. The van der Waals surface area contributed by atoms with Crippen LogP contribution < -0.4 is 0 Å². The third-order valence-electron chi connectivity index (χ3n) is 2.86. The SMILES string of the molecule is CCS(=O)(=O)CCC1CCCC(=O)C1. The fraction of sp³-hybridized carbons (Fsp3) is 0.900. The predicted octanol–water partition coefficient (Wildman–Crippen LogP) is 1.57. The molecule has 1 aliphatic carbocycles. The van der Waals surface area contributed by atoms with Gasteiger partial charge in [-0.1, -0.05) is 6.92 Å². The normalized spacial score (nSPS) is 23.8. The molecule has 1 rings (SSSR count). The van der Waals surface area contributed by atoms with Crippen molar-refractivity contribution in [3.8, 4) is 0 Å². The van der Waals surface area contributed by atoms with Crippen LogP contribution in [0.1, 0.15) is 39.0 Å². The van der Waals surface area contributed by atoms with Crippen molar-refractivity contribution >= 4 is 15.6 Å². The van der Waals surface area contributed by atoms with Crippen LogP contribution in [0.15, 0.2) is 0 Å². The molecule has 3 nitrogen and oxygen atoms in total. The lowest BCUT2D eigenvalue weighted by Crippen LogP contribution is -2.19. The van der Waals surface area contributed by atoms with Crippen LogP contribution in [0.25, 0.3) is 0 Å². The van der Waals surface area contributed by atoms with Crippen LogP contribution in [0, 0.1) is 5.92 Å². The van der Waals surface area contributed by atoms with Crippen molar-refractivity contribution in [3.63, 3.8) is 0 Å². The number of hydrogen-bond acceptors (Lipinski definition) is 3. The largest absolute Gasteiger partial charge is 0.300 e. The van der Waals surface area contributed by atoms with Gasteiger partial charge in [0.2, 0.25) is 0 Å². The van der Waals surface area contributed by atoms with E-state index in [2.05, 4.69) is 0 Å². The van der Waals surface area contributed by atoms with Crippen LogP contribution in [0.5, 0.6) is 0 Å². The number of ketones is 1. The minimum absolute atomic E-state index is 0.216. The highest BCUT2D eigenvalue weighted by Crippen LogP contribution is 2.24. The van der Waals surface area contributed by atoms with E-state index in [4.69, 9.17) is 0 Å². The van der Waals surface area contributed by atoms with Crippen LogP contribution in [0.2, 0.25) is 0 Å². The fourth-order valence-electron chi connectivity index (χ4n) is 1.85.